The van der Waals surface area contributed by atoms with Crippen molar-refractivity contribution in [1.29, 1.82) is 0 Å². The number of phenolic OH excluding ortho intramolecular Hbond substituents is 1. The average Bonchev–Trinajstić information content (AvgIpc) is 3.08. The van der Waals surface area contributed by atoms with E-state index in [-0.39, 0.29) is 11.7 Å². The number of hydrogen-bond acceptors (Lipinski definition) is 6. The Labute approximate surface area is 149 Å². The van der Waals surface area contributed by atoms with Gasteiger partial charge in [-0.3, -0.25) is 4.79 Å². The largest absolute Gasteiger partial charge is 0.508 e. The number of aromatic hydroxyl groups is 1. The highest BCUT2D eigenvalue weighted by atomic mass is 32.2. The Hall–Kier alpha value is -2.87. The lowest BCUT2D eigenvalue weighted by Gasteiger charge is -2.20. The summed E-state index contributed by atoms with van der Waals surface area (Å²) < 4.78 is 1.54. The van der Waals surface area contributed by atoms with Crippen LogP contribution in [0.2, 0.25) is 0 Å². The van der Waals surface area contributed by atoms with Crippen molar-refractivity contribution in [1.82, 2.24) is 25.1 Å². The van der Waals surface area contributed by atoms with Crippen molar-refractivity contribution in [3.05, 3.63) is 60.2 Å². The molecule has 0 saturated carbocycles. The molecule has 0 aliphatic heterocycles. The van der Waals surface area contributed by atoms with Gasteiger partial charge in [-0.2, -0.15) is 4.68 Å². The minimum absolute atomic E-state index is 0.0449. The molecule has 25 heavy (non-hydrogen) atoms. The van der Waals surface area contributed by atoms with Gasteiger partial charge < -0.3 is 10.0 Å². The molecular formula is C17H17N5O2S. The van der Waals surface area contributed by atoms with Gasteiger partial charge in [0.15, 0.2) is 0 Å². The number of carbonyl (C=O) groups is 1. The number of hydrogen-bond donors (Lipinski definition) is 1. The minimum atomic E-state index is -0.460. The summed E-state index contributed by atoms with van der Waals surface area (Å²) in [6.07, 6.45) is 0. The van der Waals surface area contributed by atoms with E-state index < -0.39 is 5.25 Å². The second kappa shape index (κ2) is 7.35. The Kier molecular flexibility index (Phi) is 4.99. The van der Waals surface area contributed by atoms with Crippen molar-refractivity contribution >= 4 is 17.7 Å². The Morgan fingerprint density at radius 1 is 1.12 bits per heavy atom. The van der Waals surface area contributed by atoms with Crippen molar-refractivity contribution in [2.45, 2.75) is 10.4 Å². The van der Waals surface area contributed by atoms with Gasteiger partial charge in [0.25, 0.3) is 0 Å². The predicted octanol–water partition coefficient (Wildman–Crippen LogP) is 2.29. The first-order valence-electron chi connectivity index (χ1n) is 7.57. The number of phenols is 1. The fourth-order valence-electron chi connectivity index (χ4n) is 2.24. The standard InChI is InChI=1S/C17H17N5O2S/c1-21(2)16(24)15(12-6-4-3-5-7-12)25-17-18-19-20-22(17)13-8-10-14(23)11-9-13/h3-11,15,23H,1-2H3. The lowest BCUT2D eigenvalue weighted by Crippen LogP contribution is -2.27. The number of likely N-dealkylation sites (N-methyl/N-ethyl adjacent to an activating group) is 1. The topological polar surface area (TPSA) is 84.1 Å². The second-order valence-corrected chi connectivity index (χ2v) is 6.60. The van der Waals surface area contributed by atoms with E-state index in [1.165, 1.54) is 11.8 Å². The maximum atomic E-state index is 12.7. The molecule has 8 heteroatoms. The van der Waals surface area contributed by atoms with Gasteiger partial charge in [-0.15, -0.1) is 5.10 Å². The van der Waals surface area contributed by atoms with E-state index in [2.05, 4.69) is 15.5 Å². The van der Waals surface area contributed by atoms with Crippen molar-refractivity contribution < 1.29 is 9.90 Å². The lowest BCUT2D eigenvalue weighted by molar-refractivity contribution is -0.128. The molecule has 0 saturated heterocycles. The van der Waals surface area contributed by atoms with Gasteiger partial charge in [0.2, 0.25) is 11.1 Å². The zero-order chi connectivity index (χ0) is 17.8. The first kappa shape index (κ1) is 17.0. The van der Waals surface area contributed by atoms with Crippen LogP contribution in [0.4, 0.5) is 0 Å². The van der Waals surface area contributed by atoms with E-state index in [1.54, 1.807) is 47.9 Å². The smallest absolute Gasteiger partial charge is 0.240 e. The summed E-state index contributed by atoms with van der Waals surface area (Å²) in [4.78, 5) is 14.2. The molecule has 1 atom stereocenters. The molecule has 2 aromatic carbocycles. The average molecular weight is 355 g/mol. The molecular weight excluding hydrogens is 338 g/mol. The number of benzene rings is 2. The van der Waals surface area contributed by atoms with Crippen molar-refractivity contribution in [3.63, 3.8) is 0 Å². The zero-order valence-corrected chi connectivity index (χ0v) is 14.6. The summed E-state index contributed by atoms with van der Waals surface area (Å²) in [5.41, 5.74) is 1.58. The lowest BCUT2D eigenvalue weighted by atomic mass is 10.1. The van der Waals surface area contributed by atoms with Crippen LogP contribution in [0.5, 0.6) is 5.75 Å². The maximum Gasteiger partial charge on any atom is 0.240 e. The molecule has 0 radical (unpaired) electrons. The summed E-state index contributed by atoms with van der Waals surface area (Å²) in [7, 11) is 3.45. The van der Waals surface area contributed by atoms with Crippen LogP contribution in [0.15, 0.2) is 59.8 Å². The Balaban J connectivity index is 1.95. The van der Waals surface area contributed by atoms with Crippen LogP contribution in [0.3, 0.4) is 0 Å². The van der Waals surface area contributed by atoms with Crippen LogP contribution in [-0.4, -0.2) is 50.2 Å². The summed E-state index contributed by atoms with van der Waals surface area (Å²) in [6, 6.07) is 16.1. The summed E-state index contributed by atoms with van der Waals surface area (Å²) in [5, 5.41) is 21.2. The third-order valence-corrected chi connectivity index (χ3v) is 4.70. The molecule has 1 unspecified atom stereocenters. The highest BCUT2D eigenvalue weighted by Crippen LogP contribution is 2.35. The number of nitrogens with zero attached hydrogens (tertiary/aromatic N) is 5. The SMILES string of the molecule is CN(C)C(=O)C(Sc1nnnn1-c1ccc(O)cc1)c1ccccc1. The van der Waals surface area contributed by atoms with Crippen molar-refractivity contribution in [2.75, 3.05) is 14.1 Å². The van der Waals surface area contributed by atoms with Crippen LogP contribution < -0.4 is 0 Å². The van der Waals surface area contributed by atoms with E-state index in [1.807, 2.05) is 30.3 Å². The number of thioether (sulfide) groups is 1. The molecule has 0 aliphatic rings. The van der Waals surface area contributed by atoms with Crippen molar-refractivity contribution in [2.24, 2.45) is 0 Å². The molecule has 0 fully saturated rings. The molecule has 128 valence electrons. The Bertz CT molecular complexity index is 849. The van der Waals surface area contributed by atoms with Crippen LogP contribution in [0, 0.1) is 0 Å². The van der Waals surface area contributed by atoms with Crippen LogP contribution >= 0.6 is 11.8 Å². The molecule has 0 bridgehead atoms. The molecule has 1 aromatic heterocycles. The Morgan fingerprint density at radius 2 is 1.80 bits per heavy atom. The third-order valence-electron chi connectivity index (χ3n) is 3.53. The van der Waals surface area contributed by atoms with E-state index in [4.69, 9.17) is 0 Å². The van der Waals surface area contributed by atoms with Gasteiger partial charge in [0.05, 0.1) is 5.69 Å². The van der Waals surface area contributed by atoms with Gasteiger partial charge in [0, 0.05) is 14.1 Å². The van der Waals surface area contributed by atoms with Crippen LogP contribution in [-0.2, 0) is 4.79 Å². The molecule has 7 nitrogen and oxygen atoms in total. The molecule has 1 heterocycles. The second-order valence-electron chi connectivity index (χ2n) is 5.53. The normalized spacial score (nSPS) is 11.9. The number of rotatable bonds is 5. The van der Waals surface area contributed by atoms with E-state index in [9.17, 15) is 9.90 Å². The summed E-state index contributed by atoms with van der Waals surface area (Å²) in [6.45, 7) is 0. The zero-order valence-electron chi connectivity index (χ0n) is 13.8. The van der Waals surface area contributed by atoms with E-state index >= 15 is 0 Å². The molecule has 1 N–H and O–H groups in total. The first-order valence-corrected chi connectivity index (χ1v) is 8.45. The van der Waals surface area contributed by atoms with E-state index in [0.29, 0.717) is 10.8 Å². The summed E-state index contributed by atoms with van der Waals surface area (Å²) >= 11 is 1.28. The molecule has 0 aliphatic carbocycles. The minimum Gasteiger partial charge on any atom is -0.508 e. The number of tetrazole rings is 1. The highest BCUT2D eigenvalue weighted by molar-refractivity contribution is 8.00. The van der Waals surface area contributed by atoms with Crippen LogP contribution in [0.25, 0.3) is 5.69 Å². The third kappa shape index (κ3) is 3.80. The predicted molar refractivity (Wildman–Crippen MR) is 94.6 cm³/mol. The number of carbonyl (C=O) groups excluding carboxylic acids is 1. The molecule has 1 amide bonds. The quantitative estimate of drug-likeness (QED) is 0.707. The van der Waals surface area contributed by atoms with E-state index in [0.717, 1.165) is 5.56 Å². The fourth-order valence-corrected chi connectivity index (χ4v) is 3.38. The fraction of sp³-hybridized carbons (Fsp3) is 0.176. The van der Waals surface area contributed by atoms with Crippen LogP contribution in [0.1, 0.15) is 10.8 Å². The first-order chi connectivity index (χ1) is 12.1. The van der Waals surface area contributed by atoms with Gasteiger partial charge in [-0.1, -0.05) is 42.1 Å². The van der Waals surface area contributed by atoms with Crippen molar-refractivity contribution in [3.8, 4) is 11.4 Å². The van der Waals surface area contributed by atoms with Gasteiger partial charge in [-0.25, -0.2) is 0 Å². The van der Waals surface area contributed by atoms with Gasteiger partial charge in [0.1, 0.15) is 11.0 Å². The molecule has 0 spiro atoms. The maximum absolute atomic E-state index is 12.7. The summed E-state index contributed by atoms with van der Waals surface area (Å²) in [5.74, 6) is 0.118. The number of aromatic nitrogens is 4. The molecule has 3 aromatic rings. The van der Waals surface area contributed by atoms with Gasteiger partial charge >= 0.3 is 0 Å². The molecule has 3 rings (SSSR count). The number of amides is 1. The highest BCUT2D eigenvalue weighted by Gasteiger charge is 2.26. The van der Waals surface area contributed by atoms with Gasteiger partial charge in [-0.05, 0) is 40.3 Å². The Morgan fingerprint density at radius 3 is 2.44 bits per heavy atom. The monoisotopic (exact) mass is 355 g/mol.